The van der Waals surface area contributed by atoms with Crippen molar-refractivity contribution in [2.75, 3.05) is 27.4 Å². The maximum atomic E-state index is 13.6. The Labute approximate surface area is 209 Å². The quantitative estimate of drug-likeness (QED) is 0.400. The number of methoxy groups -OCH3 is 2. The van der Waals surface area contributed by atoms with Crippen LogP contribution in [0.2, 0.25) is 0 Å². The standard InChI is InChI=1S/C25H33NO10/c1-10-34-21(31)24-14(17(27)32-8)15(18(28)33-9)25(36-24)13(16(24)35-20(30)23(5,6)7)11-12-26(25)19(29)22(2,3)4/h10-12H2,1-9H3. The Hall–Kier alpha value is -3.21. The van der Waals surface area contributed by atoms with Gasteiger partial charge in [-0.1, -0.05) is 20.8 Å². The van der Waals surface area contributed by atoms with Crippen molar-refractivity contribution in [3.63, 3.8) is 0 Å². The number of fused-ring (bicyclic) bond motifs is 1. The van der Waals surface area contributed by atoms with Gasteiger partial charge in [0.15, 0.2) is 5.76 Å². The molecule has 2 unspecified atom stereocenters. The molecule has 0 N–H and O–H groups in total. The van der Waals surface area contributed by atoms with Crippen LogP contribution in [0.1, 0.15) is 54.9 Å². The zero-order valence-electron chi connectivity index (χ0n) is 22.2. The number of carbonyl (C=O) groups is 5. The number of likely N-dealkylation sites (tertiary alicyclic amines) is 1. The highest BCUT2D eigenvalue weighted by atomic mass is 16.6. The molecule has 1 amide bonds. The van der Waals surface area contributed by atoms with Crippen LogP contribution in [0, 0.1) is 10.8 Å². The van der Waals surface area contributed by atoms with E-state index >= 15 is 0 Å². The molecule has 1 spiro atoms. The van der Waals surface area contributed by atoms with Crippen LogP contribution in [0.4, 0.5) is 0 Å². The predicted molar refractivity (Wildman–Crippen MR) is 123 cm³/mol. The third-order valence-corrected chi connectivity index (χ3v) is 6.25. The fraction of sp³-hybridized carbons (Fsp3) is 0.640. The smallest absolute Gasteiger partial charge is 0.351 e. The summed E-state index contributed by atoms with van der Waals surface area (Å²) in [5, 5.41) is 0. The van der Waals surface area contributed by atoms with Crippen molar-refractivity contribution in [2.24, 2.45) is 10.8 Å². The lowest BCUT2D eigenvalue weighted by atomic mass is 9.78. The topological polar surface area (TPSA) is 135 Å². The molecule has 0 aromatic carbocycles. The number of hydrogen-bond acceptors (Lipinski definition) is 10. The summed E-state index contributed by atoms with van der Waals surface area (Å²) in [5.74, 6) is -4.63. The molecule has 11 nitrogen and oxygen atoms in total. The third kappa shape index (κ3) is 3.63. The number of hydrogen-bond donors (Lipinski definition) is 0. The number of nitrogens with zero attached hydrogens (tertiary/aromatic N) is 1. The summed E-state index contributed by atoms with van der Waals surface area (Å²) in [7, 11) is 2.16. The van der Waals surface area contributed by atoms with Crippen molar-refractivity contribution in [3.8, 4) is 0 Å². The highest BCUT2D eigenvalue weighted by Gasteiger charge is 2.78. The molecule has 3 aliphatic rings. The summed E-state index contributed by atoms with van der Waals surface area (Å²) in [6, 6.07) is 0. The monoisotopic (exact) mass is 507 g/mol. The summed E-state index contributed by atoms with van der Waals surface area (Å²) >= 11 is 0. The lowest BCUT2D eigenvalue weighted by Gasteiger charge is -2.38. The summed E-state index contributed by atoms with van der Waals surface area (Å²) in [6.45, 7) is 11.4. The largest absolute Gasteiger partial charge is 0.466 e. The van der Waals surface area contributed by atoms with Crippen LogP contribution in [0.5, 0.6) is 0 Å². The fourth-order valence-corrected chi connectivity index (χ4v) is 4.61. The average molecular weight is 508 g/mol. The van der Waals surface area contributed by atoms with Crippen LogP contribution in [0.3, 0.4) is 0 Å². The van der Waals surface area contributed by atoms with E-state index < -0.39 is 57.5 Å². The van der Waals surface area contributed by atoms with Gasteiger partial charge in [0.25, 0.3) is 5.60 Å². The van der Waals surface area contributed by atoms with Crippen molar-refractivity contribution in [2.45, 2.75) is 66.2 Å². The van der Waals surface area contributed by atoms with Gasteiger partial charge in [-0.15, -0.1) is 0 Å². The second-order valence-electron chi connectivity index (χ2n) is 10.8. The molecule has 198 valence electrons. The van der Waals surface area contributed by atoms with E-state index in [9.17, 15) is 24.0 Å². The minimum atomic E-state index is -2.46. The molecule has 2 bridgehead atoms. The van der Waals surface area contributed by atoms with Gasteiger partial charge in [0, 0.05) is 17.5 Å². The van der Waals surface area contributed by atoms with Crippen molar-refractivity contribution < 1.29 is 47.7 Å². The van der Waals surface area contributed by atoms with Crippen molar-refractivity contribution in [1.82, 2.24) is 4.90 Å². The van der Waals surface area contributed by atoms with Gasteiger partial charge in [-0.05, 0) is 34.1 Å². The van der Waals surface area contributed by atoms with E-state index in [-0.39, 0.29) is 36.5 Å². The lowest BCUT2D eigenvalue weighted by Crippen LogP contribution is -2.54. The van der Waals surface area contributed by atoms with Crippen LogP contribution in [0.15, 0.2) is 22.5 Å². The molecule has 3 rings (SSSR count). The second kappa shape index (κ2) is 8.72. The molecule has 0 aliphatic carbocycles. The van der Waals surface area contributed by atoms with E-state index in [4.69, 9.17) is 23.7 Å². The number of esters is 4. The van der Waals surface area contributed by atoms with E-state index in [1.807, 2.05) is 0 Å². The first-order chi connectivity index (χ1) is 16.5. The Bertz CT molecular complexity index is 1100. The maximum absolute atomic E-state index is 13.6. The number of ether oxygens (including phenoxy) is 5. The second-order valence-corrected chi connectivity index (χ2v) is 10.8. The zero-order chi connectivity index (χ0) is 27.4. The molecule has 11 heteroatoms. The number of carbonyl (C=O) groups excluding carboxylic acids is 5. The number of rotatable bonds is 5. The Morgan fingerprint density at radius 1 is 0.917 bits per heavy atom. The summed E-state index contributed by atoms with van der Waals surface area (Å²) < 4.78 is 27.3. The van der Waals surface area contributed by atoms with E-state index in [1.165, 1.54) is 4.90 Å². The van der Waals surface area contributed by atoms with Crippen molar-refractivity contribution >= 4 is 29.8 Å². The van der Waals surface area contributed by atoms with E-state index in [0.717, 1.165) is 14.2 Å². The molecular weight excluding hydrogens is 474 g/mol. The van der Waals surface area contributed by atoms with Gasteiger partial charge in [-0.3, -0.25) is 9.59 Å². The molecule has 3 aliphatic heterocycles. The van der Waals surface area contributed by atoms with E-state index in [1.54, 1.807) is 48.5 Å². The van der Waals surface area contributed by atoms with Gasteiger partial charge >= 0.3 is 23.9 Å². The minimum Gasteiger partial charge on any atom is -0.466 e. The SMILES string of the molecule is CCOC(=O)C12OC3(C(=C1OC(=O)C(C)(C)C)CCN3C(=O)C(C)(C)C)C(C(=O)OC)=C2C(=O)OC. The van der Waals surface area contributed by atoms with Gasteiger partial charge < -0.3 is 28.6 Å². The van der Waals surface area contributed by atoms with Crippen molar-refractivity contribution in [1.29, 1.82) is 0 Å². The Kier molecular flexibility index (Phi) is 6.63. The minimum absolute atomic E-state index is 0.0653. The molecule has 2 atom stereocenters. The molecular formula is C25H33NO10. The molecule has 1 saturated heterocycles. The fourth-order valence-electron chi connectivity index (χ4n) is 4.61. The van der Waals surface area contributed by atoms with Crippen LogP contribution >= 0.6 is 0 Å². The van der Waals surface area contributed by atoms with Gasteiger partial charge in [0.1, 0.15) is 11.1 Å². The molecule has 0 radical (unpaired) electrons. The zero-order valence-corrected chi connectivity index (χ0v) is 22.2. The maximum Gasteiger partial charge on any atom is 0.351 e. The van der Waals surface area contributed by atoms with Crippen LogP contribution in [-0.4, -0.2) is 73.4 Å². The van der Waals surface area contributed by atoms with Crippen LogP contribution in [-0.2, 0) is 47.7 Å². The lowest BCUT2D eigenvalue weighted by molar-refractivity contribution is -0.187. The normalized spacial score (nSPS) is 25.1. The third-order valence-electron chi connectivity index (χ3n) is 6.25. The molecule has 3 heterocycles. The van der Waals surface area contributed by atoms with Gasteiger partial charge in [0.2, 0.25) is 11.6 Å². The van der Waals surface area contributed by atoms with Gasteiger partial charge in [-0.25, -0.2) is 14.4 Å². The van der Waals surface area contributed by atoms with Crippen molar-refractivity contribution in [3.05, 3.63) is 22.5 Å². The Balaban J connectivity index is 2.45. The van der Waals surface area contributed by atoms with Crippen LogP contribution in [0.25, 0.3) is 0 Å². The molecule has 0 aromatic heterocycles. The number of amides is 1. The highest BCUT2D eigenvalue weighted by Crippen LogP contribution is 2.63. The van der Waals surface area contributed by atoms with E-state index in [2.05, 4.69) is 0 Å². The summed E-state index contributed by atoms with van der Waals surface area (Å²) in [6.07, 6.45) is 0.102. The first-order valence-corrected chi connectivity index (χ1v) is 11.6. The highest BCUT2D eigenvalue weighted by molar-refractivity contribution is 6.13. The van der Waals surface area contributed by atoms with E-state index in [0.29, 0.717) is 0 Å². The van der Waals surface area contributed by atoms with Gasteiger partial charge in [0.05, 0.1) is 26.2 Å². The van der Waals surface area contributed by atoms with Gasteiger partial charge in [-0.2, -0.15) is 0 Å². The average Bonchev–Trinajstić information content (AvgIpc) is 3.40. The Morgan fingerprint density at radius 3 is 1.94 bits per heavy atom. The molecule has 0 aromatic rings. The summed E-state index contributed by atoms with van der Waals surface area (Å²) in [4.78, 5) is 67.9. The van der Waals surface area contributed by atoms with Crippen LogP contribution < -0.4 is 0 Å². The summed E-state index contributed by atoms with van der Waals surface area (Å²) in [5.41, 5.74) is -7.16. The molecule has 36 heavy (non-hydrogen) atoms. The predicted octanol–water partition coefficient (Wildman–Crippen LogP) is 1.79. The first kappa shape index (κ1) is 27.4. The first-order valence-electron chi connectivity index (χ1n) is 11.6. The molecule has 1 fully saturated rings. The Morgan fingerprint density at radius 2 is 1.47 bits per heavy atom. The molecule has 0 saturated carbocycles.